The molecule has 0 spiro atoms. The second kappa shape index (κ2) is 9.61. The largest absolute Gasteiger partial charge is 0.416 e. The highest BCUT2D eigenvalue weighted by atomic mass is 32.2. The number of halogens is 3. The summed E-state index contributed by atoms with van der Waals surface area (Å²) < 4.78 is 41.1. The number of thioether (sulfide) groups is 1. The number of nitro benzene ring substituents is 1. The Labute approximate surface area is 197 Å². The highest BCUT2D eigenvalue weighted by molar-refractivity contribution is 8.03. The summed E-state index contributed by atoms with van der Waals surface area (Å²) >= 11 is 1.02. The number of non-ortho nitro benzene ring substituents is 1. The van der Waals surface area contributed by atoms with Crippen molar-refractivity contribution in [3.05, 3.63) is 97.7 Å². The molecule has 0 bridgehead atoms. The van der Waals surface area contributed by atoms with Gasteiger partial charge in [-0.2, -0.15) is 18.4 Å². The van der Waals surface area contributed by atoms with E-state index in [0.29, 0.717) is 5.56 Å². The van der Waals surface area contributed by atoms with Gasteiger partial charge in [0.1, 0.15) is 0 Å². The highest BCUT2D eigenvalue weighted by Gasteiger charge is 2.39. The number of nitrogens with two attached hydrogens (primary N) is 1. The fourth-order valence-corrected chi connectivity index (χ4v) is 4.98. The number of carbonyl (C=O) groups is 1. The number of carbonyl (C=O) groups excluding carboxylic acids is 1. The Balaban J connectivity index is 2.15. The lowest BCUT2D eigenvalue weighted by molar-refractivity contribution is -0.384. The SMILES string of the molecule is CC1=CC(c2ccccc2C(F)(F)F)C(C#N)=C(SC(C)c2cccc([N+](=O)[O-])c2)N1C(N)=O. The van der Waals surface area contributed by atoms with Crippen molar-refractivity contribution in [2.45, 2.75) is 31.2 Å². The predicted molar refractivity (Wildman–Crippen MR) is 121 cm³/mol. The third kappa shape index (κ3) is 4.92. The van der Waals surface area contributed by atoms with Crippen molar-refractivity contribution in [2.24, 2.45) is 5.73 Å². The van der Waals surface area contributed by atoms with E-state index < -0.39 is 33.9 Å². The zero-order valence-electron chi connectivity index (χ0n) is 18.0. The molecule has 34 heavy (non-hydrogen) atoms. The summed E-state index contributed by atoms with van der Waals surface area (Å²) in [5, 5.41) is 20.7. The molecule has 2 aromatic carbocycles. The Hall–Kier alpha value is -3.78. The molecule has 11 heteroatoms. The van der Waals surface area contributed by atoms with Crippen molar-refractivity contribution in [3.63, 3.8) is 0 Å². The number of amides is 2. The standard InChI is InChI=1S/C23H19F3N4O3S/c1-13-10-18(17-8-3-4-9-20(17)23(24,25)26)19(12-27)21(29(13)22(28)31)34-14(2)15-6-5-7-16(11-15)30(32)33/h3-11,14,18H,1-2H3,(H2,28,31). The average molecular weight is 488 g/mol. The Morgan fingerprint density at radius 2 is 1.94 bits per heavy atom. The number of rotatable bonds is 5. The average Bonchev–Trinajstić information content (AvgIpc) is 2.78. The minimum Gasteiger partial charge on any atom is -0.351 e. The summed E-state index contributed by atoms with van der Waals surface area (Å²) in [4.78, 5) is 23.9. The van der Waals surface area contributed by atoms with Crippen LogP contribution in [0.3, 0.4) is 0 Å². The fraction of sp³-hybridized carbons (Fsp3) is 0.217. The van der Waals surface area contributed by atoms with Gasteiger partial charge in [0.2, 0.25) is 0 Å². The summed E-state index contributed by atoms with van der Waals surface area (Å²) in [7, 11) is 0. The Morgan fingerprint density at radius 3 is 2.53 bits per heavy atom. The maximum atomic E-state index is 13.7. The minimum absolute atomic E-state index is 0.0796. The fourth-order valence-electron chi connectivity index (χ4n) is 3.72. The van der Waals surface area contributed by atoms with Crippen LogP contribution in [0.15, 0.2) is 70.9 Å². The maximum absolute atomic E-state index is 13.7. The van der Waals surface area contributed by atoms with Gasteiger partial charge in [-0.3, -0.25) is 15.0 Å². The van der Waals surface area contributed by atoms with Crippen LogP contribution in [0.1, 0.15) is 41.7 Å². The number of benzene rings is 2. The molecule has 2 aromatic rings. The predicted octanol–water partition coefficient (Wildman–Crippen LogP) is 6.22. The van der Waals surface area contributed by atoms with Gasteiger partial charge in [-0.15, -0.1) is 0 Å². The Morgan fingerprint density at radius 1 is 1.26 bits per heavy atom. The van der Waals surface area contributed by atoms with E-state index in [9.17, 15) is 33.3 Å². The number of allylic oxidation sites excluding steroid dienone is 3. The van der Waals surface area contributed by atoms with Gasteiger partial charge in [0.25, 0.3) is 5.69 Å². The van der Waals surface area contributed by atoms with Gasteiger partial charge in [0.15, 0.2) is 0 Å². The molecule has 2 atom stereocenters. The molecule has 2 amide bonds. The molecule has 1 heterocycles. The quantitative estimate of drug-likeness (QED) is 0.396. The van der Waals surface area contributed by atoms with Crippen LogP contribution in [0.25, 0.3) is 0 Å². The van der Waals surface area contributed by atoms with Crippen LogP contribution in [0.4, 0.5) is 23.7 Å². The van der Waals surface area contributed by atoms with Crippen LogP contribution in [-0.4, -0.2) is 15.9 Å². The van der Waals surface area contributed by atoms with E-state index in [0.717, 1.165) is 22.7 Å². The van der Waals surface area contributed by atoms with E-state index in [-0.39, 0.29) is 27.6 Å². The number of primary amides is 1. The number of urea groups is 1. The van der Waals surface area contributed by atoms with Gasteiger partial charge in [-0.1, -0.05) is 48.2 Å². The van der Waals surface area contributed by atoms with Crippen LogP contribution in [-0.2, 0) is 6.18 Å². The molecule has 7 nitrogen and oxygen atoms in total. The zero-order valence-corrected chi connectivity index (χ0v) is 18.9. The highest BCUT2D eigenvalue weighted by Crippen LogP contribution is 2.47. The summed E-state index contributed by atoms with van der Waals surface area (Å²) in [6.45, 7) is 3.22. The maximum Gasteiger partial charge on any atom is 0.416 e. The van der Waals surface area contributed by atoms with Crippen molar-refractivity contribution >= 4 is 23.5 Å². The first-order valence-electron chi connectivity index (χ1n) is 9.95. The summed E-state index contributed by atoms with van der Waals surface area (Å²) in [6.07, 6.45) is -3.25. The molecule has 0 fully saturated rings. The van der Waals surface area contributed by atoms with Crippen molar-refractivity contribution < 1.29 is 22.9 Å². The third-order valence-electron chi connectivity index (χ3n) is 5.29. The topological polar surface area (TPSA) is 113 Å². The minimum atomic E-state index is -4.65. The molecule has 3 rings (SSSR count). The van der Waals surface area contributed by atoms with Crippen LogP contribution >= 0.6 is 11.8 Å². The van der Waals surface area contributed by atoms with Gasteiger partial charge in [0.05, 0.1) is 27.2 Å². The van der Waals surface area contributed by atoms with Crippen molar-refractivity contribution in [1.29, 1.82) is 5.26 Å². The molecule has 0 aromatic heterocycles. The zero-order chi connectivity index (χ0) is 25.2. The molecular weight excluding hydrogens is 469 g/mol. The molecule has 1 aliphatic heterocycles. The van der Waals surface area contributed by atoms with E-state index >= 15 is 0 Å². The molecule has 0 radical (unpaired) electrons. The second-order valence-corrected chi connectivity index (χ2v) is 8.82. The van der Waals surface area contributed by atoms with Crippen LogP contribution < -0.4 is 5.73 Å². The van der Waals surface area contributed by atoms with Crippen molar-refractivity contribution in [2.75, 3.05) is 0 Å². The number of hydrogen-bond donors (Lipinski definition) is 1. The first-order valence-corrected chi connectivity index (χ1v) is 10.8. The van der Waals surface area contributed by atoms with Gasteiger partial charge >= 0.3 is 12.2 Å². The molecule has 0 saturated carbocycles. The van der Waals surface area contributed by atoms with E-state index in [2.05, 4.69) is 0 Å². The van der Waals surface area contributed by atoms with Crippen molar-refractivity contribution in [1.82, 2.24) is 4.90 Å². The first-order chi connectivity index (χ1) is 16.0. The molecule has 0 aliphatic carbocycles. The van der Waals surface area contributed by atoms with Gasteiger partial charge in [0, 0.05) is 29.0 Å². The molecule has 176 valence electrons. The second-order valence-electron chi connectivity index (χ2n) is 7.49. The number of hydrogen-bond acceptors (Lipinski definition) is 5. The monoisotopic (exact) mass is 488 g/mol. The van der Waals surface area contributed by atoms with Crippen LogP contribution in [0.5, 0.6) is 0 Å². The van der Waals surface area contributed by atoms with Gasteiger partial charge < -0.3 is 5.73 Å². The molecular formula is C23H19F3N4O3S. The van der Waals surface area contributed by atoms with Gasteiger partial charge in [-0.05, 0) is 31.0 Å². The van der Waals surface area contributed by atoms with E-state index in [1.807, 2.05) is 6.07 Å². The summed E-state index contributed by atoms with van der Waals surface area (Å²) in [6, 6.07) is 11.8. The summed E-state index contributed by atoms with van der Waals surface area (Å²) in [5.74, 6) is -1.07. The van der Waals surface area contributed by atoms with E-state index in [4.69, 9.17) is 5.73 Å². The molecule has 0 saturated heterocycles. The normalized spacial score (nSPS) is 17.1. The Kier molecular flexibility index (Phi) is 7.02. The number of alkyl halides is 3. The Bertz CT molecular complexity index is 1250. The van der Waals surface area contributed by atoms with E-state index in [1.54, 1.807) is 13.0 Å². The molecule has 2 N–H and O–H groups in total. The smallest absolute Gasteiger partial charge is 0.351 e. The first kappa shape index (κ1) is 24.9. The third-order valence-corrected chi connectivity index (χ3v) is 6.54. The van der Waals surface area contributed by atoms with E-state index in [1.165, 1.54) is 49.4 Å². The summed E-state index contributed by atoms with van der Waals surface area (Å²) in [5.41, 5.74) is 5.11. The lowest BCUT2D eigenvalue weighted by Gasteiger charge is -2.33. The van der Waals surface area contributed by atoms with Crippen molar-refractivity contribution in [3.8, 4) is 6.07 Å². The van der Waals surface area contributed by atoms with Crippen LogP contribution in [0.2, 0.25) is 0 Å². The van der Waals surface area contributed by atoms with Gasteiger partial charge in [-0.25, -0.2) is 4.79 Å². The lowest BCUT2D eigenvalue weighted by Crippen LogP contribution is -2.36. The van der Waals surface area contributed by atoms with Crippen LogP contribution in [0, 0.1) is 21.4 Å². The number of nitro groups is 1. The molecule has 1 aliphatic rings. The number of nitriles is 1. The number of nitrogens with zero attached hydrogens (tertiary/aromatic N) is 3. The lowest BCUT2D eigenvalue weighted by atomic mass is 9.86. The molecule has 2 unspecified atom stereocenters.